The van der Waals surface area contributed by atoms with E-state index < -0.39 is 0 Å². The van der Waals surface area contributed by atoms with E-state index in [2.05, 4.69) is 10.2 Å². The highest BCUT2D eigenvalue weighted by Crippen LogP contribution is 2.18. The standard InChI is InChI=1S/C15H18FN3O3/c1-22-9-7-19(6-8-20)15(21)14-10-13(17-18-14)11-2-4-12(16)5-3-11/h2-5,10,20H,6-9H2,1H3,(H,17,18). The van der Waals surface area contributed by atoms with Gasteiger partial charge in [0.05, 0.1) is 18.9 Å². The molecule has 0 atom stereocenters. The van der Waals surface area contributed by atoms with Crippen LogP contribution in [0.3, 0.4) is 0 Å². The molecule has 0 unspecified atom stereocenters. The lowest BCUT2D eigenvalue weighted by Gasteiger charge is -2.20. The lowest BCUT2D eigenvalue weighted by Crippen LogP contribution is -2.36. The van der Waals surface area contributed by atoms with Gasteiger partial charge in [0.1, 0.15) is 11.5 Å². The molecule has 0 bridgehead atoms. The van der Waals surface area contributed by atoms with Crippen LogP contribution in [0, 0.1) is 5.82 Å². The molecule has 118 valence electrons. The van der Waals surface area contributed by atoms with Gasteiger partial charge in [-0.25, -0.2) is 4.39 Å². The van der Waals surface area contributed by atoms with Crippen LogP contribution in [0.25, 0.3) is 11.3 Å². The second-order valence-electron chi connectivity index (χ2n) is 4.68. The van der Waals surface area contributed by atoms with Crippen molar-refractivity contribution in [2.75, 3.05) is 33.4 Å². The van der Waals surface area contributed by atoms with Crippen LogP contribution < -0.4 is 0 Å². The van der Waals surface area contributed by atoms with E-state index in [9.17, 15) is 9.18 Å². The molecule has 2 N–H and O–H groups in total. The number of amides is 1. The van der Waals surface area contributed by atoms with Gasteiger partial charge in [0.25, 0.3) is 5.91 Å². The third kappa shape index (κ3) is 3.90. The third-order valence-corrected chi connectivity index (χ3v) is 3.17. The SMILES string of the molecule is COCCN(CCO)C(=O)c1cc(-c2ccc(F)cc2)n[nH]1. The van der Waals surface area contributed by atoms with Crippen molar-refractivity contribution >= 4 is 5.91 Å². The van der Waals surface area contributed by atoms with Gasteiger partial charge in [-0.05, 0) is 30.3 Å². The van der Waals surface area contributed by atoms with Crippen molar-refractivity contribution in [3.63, 3.8) is 0 Å². The first kappa shape index (κ1) is 16.1. The number of methoxy groups -OCH3 is 1. The molecule has 1 aromatic heterocycles. The second kappa shape index (κ2) is 7.67. The summed E-state index contributed by atoms with van der Waals surface area (Å²) in [4.78, 5) is 13.8. The zero-order valence-electron chi connectivity index (χ0n) is 12.3. The van der Waals surface area contributed by atoms with Crippen molar-refractivity contribution in [3.8, 4) is 11.3 Å². The van der Waals surface area contributed by atoms with Gasteiger partial charge in [-0.2, -0.15) is 5.10 Å². The van der Waals surface area contributed by atoms with Gasteiger partial charge >= 0.3 is 0 Å². The number of aliphatic hydroxyl groups excluding tert-OH is 1. The molecule has 2 rings (SSSR count). The minimum atomic E-state index is -0.329. The molecule has 6 nitrogen and oxygen atoms in total. The maximum absolute atomic E-state index is 12.9. The van der Waals surface area contributed by atoms with Crippen LogP contribution in [0.5, 0.6) is 0 Å². The van der Waals surface area contributed by atoms with Crippen molar-refractivity contribution in [3.05, 3.63) is 41.8 Å². The van der Waals surface area contributed by atoms with E-state index >= 15 is 0 Å². The molecule has 0 saturated heterocycles. The van der Waals surface area contributed by atoms with E-state index in [1.807, 2.05) is 0 Å². The first-order valence-electron chi connectivity index (χ1n) is 6.86. The third-order valence-electron chi connectivity index (χ3n) is 3.17. The zero-order chi connectivity index (χ0) is 15.9. The number of carbonyl (C=O) groups excluding carboxylic acids is 1. The molecule has 1 heterocycles. The Morgan fingerprint density at radius 1 is 1.36 bits per heavy atom. The summed E-state index contributed by atoms with van der Waals surface area (Å²) in [7, 11) is 1.55. The first-order valence-corrected chi connectivity index (χ1v) is 6.86. The molecule has 0 aliphatic carbocycles. The van der Waals surface area contributed by atoms with Crippen LogP contribution in [0.4, 0.5) is 4.39 Å². The van der Waals surface area contributed by atoms with E-state index in [-0.39, 0.29) is 24.9 Å². The van der Waals surface area contributed by atoms with Gasteiger partial charge < -0.3 is 14.7 Å². The number of benzene rings is 1. The summed E-state index contributed by atoms with van der Waals surface area (Å²) < 4.78 is 17.9. The lowest BCUT2D eigenvalue weighted by atomic mass is 10.1. The summed E-state index contributed by atoms with van der Waals surface area (Å²) in [5, 5.41) is 15.8. The molecule has 1 amide bonds. The summed E-state index contributed by atoms with van der Waals surface area (Å²) in [6.07, 6.45) is 0. The predicted octanol–water partition coefficient (Wildman–Crippen LogP) is 1.30. The maximum atomic E-state index is 12.9. The van der Waals surface area contributed by atoms with Gasteiger partial charge in [-0.3, -0.25) is 9.89 Å². The molecule has 0 aliphatic heterocycles. The van der Waals surface area contributed by atoms with Crippen LogP contribution in [0.15, 0.2) is 30.3 Å². The predicted molar refractivity (Wildman–Crippen MR) is 78.8 cm³/mol. The quantitative estimate of drug-likeness (QED) is 0.808. The van der Waals surface area contributed by atoms with Crippen LogP contribution in [0.1, 0.15) is 10.5 Å². The highest BCUT2D eigenvalue weighted by atomic mass is 19.1. The smallest absolute Gasteiger partial charge is 0.272 e. The normalized spacial score (nSPS) is 10.7. The van der Waals surface area contributed by atoms with E-state index in [1.165, 1.54) is 17.0 Å². The number of nitrogens with zero attached hydrogens (tertiary/aromatic N) is 2. The molecular weight excluding hydrogens is 289 g/mol. The Balaban J connectivity index is 2.14. The Labute approximate surface area is 127 Å². The summed E-state index contributed by atoms with van der Waals surface area (Å²) in [6, 6.07) is 7.46. The van der Waals surface area contributed by atoms with Gasteiger partial charge in [0.2, 0.25) is 0 Å². The number of nitrogens with one attached hydrogen (secondary N) is 1. The van der Waals surface area contributed by atoms with Crippen molar-refractivity contribution in [2.24, 2.45) is 0 Å². The molecule has 0 saturated carbocycles. The summed E-state index contributed by atoms with van der Waals surface area (Å²) in [5.41, 5.74) is 1.57. The number of hydrogen-bond donors (Lipinski definition) is 2. The van der Waals surface area contributed by atoms with E-state index in [0.717, 1.165) is 0 Å². The lowest BCUT2D eigenvalue weighted by molar-refractivity contribution is 0.0651. The van der Waals surface area contributed by atoms with Gasteiger partial charge in [-0.15, -0.1) is 0 Å². The number of hydrogen-bond acceptors (Lipinski definition) is 4. The Bertz CT molecular complexity index is 613. The number of H-pyrrole nitrogens is 1. The molecule has 0 aliphatic rings. The molecule has 0 fully saturated rings. The molecule has 0 radical (unpaired) electrons. The minimum absolute atomic E-state index is 0.131. The number of halogens is 1. The van der Waals surface area contributed by atoms with Crippen LogP contribution in [0.2, 0.25) is 0 Å². The number of rotatable bonds is 7. The Kier molecular flexibility index (Phi) is 5.62. The average Bonchev–Trinajstić information content (AvgIpc) is 3.01. The van der Waals surface area contributed by atoms with Crippen LogP contribution in [-0.4, -0.2) is 59.5 Å². The first-order chi connectivity index (χ1) is 10.7. The summed E-state index contributed by atoms with van der Waals surface area (Å²) in [5.74, 6) is -0.601. The molecule has 2 aromatic rings. The van der Waals surface area contributed by atoms with E-state index in [0.29, 0.717) is 30.1 Å². The van der Waals surface area contributed by atoms with E-state index in [1.54, 1.807) is 25.3 Å². The number of carbonyl (C=O) groups is 1. The number of aromatic nitrogens is 2. The van der Waals surface area contributed by atoms with Crippen LogP contribution in [-0.2, 0) is 4.74 Å². The zero-order valence-corrected chi connectivity index (χ0v) is 12.3. The van der Waals surface area contributed by atoms with Crippen molar-refractivity contribution in [2.45, 2.75) is 0 Å². The Morgan fingerprint density at radius 2 is 2.09 bits per heavy atom. The highest BCUT2D eigenvalue weighted by Gasteiger charge is 2.18. The molecule has 0 spiro atoms. The number of aliphatic hydroxyl groups is 1. The van der Waals surface area contributed by atoms with Gasteiger partial charge in [0, 0.05) is 25.8 Å². The monoisotopic (exact) mass is 307 g/mol. The summed E-state index contributed by atoms with van der Waals surface area (Å²) >= 11 is 0. The Hall–Kier alpha value is -2.25. The fraction of sp³-hybridized carbons (Fsp3) is 0.333. The molecule has 1 aromatic carbocycles. The van der Waals surface area contributed by atoms with Gasteiger partial charge in [0.15, 0.2) is 0 Å². The summed E-state index contributed by atoms with van der Waals surface area (Å²) in [6.45, 7) is 0.840. The van der Waals surface area contributed by atoms with Crippen molar-refractivity contribution in [1.82, 2.24) is 15.1 Å². The van der Waals surface area contributed by atoms with Crippen molar-refractivity contribution in [1.29, 1.82) is 0 Å². The molecule has 7 heteroatoms. The Morgan fingerprint density at radius 3 is 2.73 bits per heavy atom. The highest BCUT2D eigenvalue weighted by molar-refractivity contribution is 5.93. The average molecular weight is 307 g/mol. The topological polar surface area (TPSA) is 78.5 Å². The second-order valence-corrected chi connectivity index (χ2v) is 4.68. The van der Waals surface area contributed by atoms with Crippen molar-refractivity contribution < 1.29 is 19.0 Å². The number of aromatic amines is 1. The maximum Gasteiger partial charge on any atom is 0.272 e. The molecular formula is C15H18FN3O3. The van der Waals surface area contributed by atoms with Gasteiger partial charge in [-0.1, -0.05) is 0 Å². The number of ether oxygens (including phenoxy) is 1. The molecule has 22 heavy (non-hydrogen) atoms. The van der Waals surface area contributed by atoms with E-state index in [4.69, 9.17) is 9.84 Å². The fourth-order valence-corrected chi connectivity index (χ4v) is 2.01. The fourth-order valence-electron chi connectivity index (χ4n) is 2.01. The minimum Gasteiger partial charge on any atom is -0.395 e. The largest absolute Gasteiger partial charge is 0.395 e. The van der Waals surface area contributed by atoms with Crippen LogP contribution >= 0.6 is 0 Å².